The summed E-state index contributed by atoms with van der Waals surface area (Å²) >= 11 is 0. The van der Waals surface area contributed by atoms with Gasteiger partial charge in [-0.3, -0.25) is 10.1 Å². The van der Waals surface area contributed by atoms with Crippen LogP contribution in [0.3, 0.4) is 0 Å². The summed E-state index contributed by atoms with van der Waals surface area (Å²) in [6, 6.07) is 29.1. The second kappa shape index (κ2) is 13.1. The number of nitro benzene ring substituents is 1. The van der Waals surface area contributed by atoms with Crippen molar-refractivity contribution in [2.45, 2.75) is 7.43 Å². The Morgan fingerprint density at radius 3 is 1.57 bits per heavy atom. The zero-order valence-corrected chi connectivity index (χ0v) is 18.9. The van der Waals surface area contributed by atoms with E-state index >= 15 is 0 Å². The maximum atomic E-state index is 10.9. The van der Waals surface area contributed by atoms with Gasteiger partial charge in [0.1, 0.15) is 17.2 Å². The molecule has 0 aromatic heterocycles. The van der Waals surface area contributed by atoms with Crippen molar-refractivity contribution in [2.24, 2.45) is 0 Å². The van der Waals surface area contributed by atoms with Gasteiger partial charge in [0.2, 0.25) is 0 Å². The number of hydrogen-bond donors (Lipinski definition) is 3. The number of benzene rings is 4. The molecule has 4 N–H and O–H groups in total. The van der Waals surface area contributed by atoms with Crippen molar-refractivity contribution in [3.8, 4) is 11.5 Å². The standard InChI is InChI=1S/C13H12N2O3.C13H14N2O.CH4.H2/c1-18-13-9-5-3-7-11(13)14-10-6-2-4-8-12(10)15(16)17;1-16-13-9-5-4-8-12(13)15-11-7-3-2-6-10(11)14;;/h2-9,14H,1H3;2-9,15H,14H2,1H3;1H4;1H. The predicted molar refractivity (Wildman–Crippen MR) is 145 cm³/mol. The van der Waals surface area contributed by atoms with E-state index in [1.54, 1.807) is 44.6 Å². The Kier molecular flexibility index (Phi) is 9.93. The molecule has 0 saturated heterocycles. The third-order valence-electron chi connectivity index (χ3n) is 4.81. The molecule has 8 heteroatoms. The molecule has 4 aromatic rings. The number of nitrogens with two attached hydrogens (primary N) is 1. The Hall–Kier alpha value is -4.72. The third-order valence-corrected chi connectivity index (χ3v) is 4.81. The molecule has 0 spiro atoms. The molecular weight excluding hydrogens is 444 g/mol. The number of para-hydroxylation sites is 8. The zero-order chi connectivity index (χ0) is 24.3. The van der Waals surface area contributed by atoms with Crippen molar-refractivity contribution in [1.82, 2.24) is 0 Å². The van der Waals surface area contributed by atoms with Gasteiger partial charge in [0.25, 0.3) is 5.69 Å². The van der Waals surface area contributed by atoms with Crippen LogP contribution in [-0.2, 0) is 0 Å². The lowest BCUT2D eigenvalue weighted by molar-refractivity contribution is -0.383. The highest BCUT2D eigenvalue weighted by Crippen LogP contribution is 2.32. The van der Waals surface area contributed by atoms with Crippen LogP contribution in [0.1, 0.15) is 8.85 Å². The largest absolute Gasteiger partial charge is 0.495 e. The molecule has 0 amide bonds. The second-order valence-corrected chi connectivity index (χ2v) is 7.01. The first-order valence-corrected chi connectivity index (χ1v) is 10.4. The molecule has 0 unspecified atom stereocenters. The summed E-state index contributed by atoms with van der Waals surface area (Å²) in [5.74, 6) is 1.43. The van der Waals surface area contributed by atoms with E-state index in [2.05, 4.69) is 10.6 Å². The third kappa shape index (κ3) is 7.13. The van der Waals surface area contributed by atoms with Gasteiger partial charge >= 0.3 is 0 Å². The molecule has 4 aromatic carbocycles. The lowest BCUT2D eigenvalue weighted by atomic mass is 10.2. The topological polar surface area (TPSA) is 112 Å². The summed E-state index contributed by atoms with van der Waals surface area (Å²) < 4.78 is 10.4. The maximum Gasteiger partial charge on any atom is 0.292 e. The van der Waals surface area contributed by atoms with Gasteiger partial charge in [-0.2, -0.15) is 0 Å². The molecule has 0 saturated carbocycles. The molecule has 0 radical (unpaired) electrons. The minimum Gasteiger partial charge on any atom is -0.495 e. The quantitative estimate of drug-likeness (QED) is 0.146. The molecular formula is C27H32N4O4. The van der Waals surface area contributed by atoms with Gasteiger partial charge in [-0.15, -0.1) is 0 Å². The van der Waals surface area contributed by atoms with E-state index in [0.29, 0.717) is 22.8 Å². The monoisotopic (exact) mass is 476 g/mol. The Labute approximate surface area is 207 Å². The van der Waals surface area contributed by atoms with Crippen molar-refractivity contribution < 1.29 is 15.8 Å². The fourth-order valence-corrected chi connectivity index (χ4v) is 3.14. The normalized spacial score (nSPS) is 9.54. The highest BCUT2D eigenvalue weighted by atomic mass is 16.6. The Bertz CT molecular complexity index is 1250. The smallest absolute Gasteiger partial charge is 0.292 e. The number of nitrogens with one attached hydrogen (secondary N) is 2. The average molecular weight is 477 g/mol. The van der Waals surface area contributed by atoms with E-state index in [1.807, 2.05) is 60.7 Å². The second-order valence-electron chi connectivity index (χ2n) is 7.01. The zero-order valence-electron chi connectivity index (χ0n) is 18.9. The minimum atomic E-state index is -0.419. The predicted octanol–water partition coefficient (Wildman–Crippen LogP) is 7.25. The van der Waals surface area contributed by atoms with Gasteiger partial charge in [0, 0.05) is 7.49 Å². The fourth-order valence-electron chi connectivity index (χ4n) is 3.14. The van der Waals surface area contributed by atoms with Gasteiger partial charge in [-0.1, -0.05) is 56.0 Å². The van der Waals surface area contributed by atoms with Crippen LogP contribution >= 0.6 is 0 Å². The number of nitro groups is 1. The van der Waals surface area contributed by atoms with Gasteiger partial charge in [0.05, 0.1) is 41.9 Å². The van der Waals surface area contributed by atoms with E-state index in [-0.39, 0.29) is 14.5 Å². The van der Waals surface area contributed by atoms with E-state index in [4.69, 9.17) is 15.2 Å². The number of hydrogen-bond acceptors (Lipinski definition) is 7. The summed E-state index contributed by atoms with van der Waals surface area (Å²) in [5, 5.41) is 17.1. The first-order chi connectivity index (χ1) is 16.5. The van der Waals surface area contributed by atoms with E-state index in [9.17, 15) is 10.1 Å². The number of rotatable bonds is 7. The van der Waals surface area contributed by atoms with Crippen LogP contribution in [0, 0.1) is 10.1 Å². The molecule has 0 fully saturated rings. The van der Waals surface area contributed by atoms with Crippen LogP contribution in [-0.4, -0.2) is 19.1 Å². The first kappa shape index (κ1) is 26.5. The molecule has 0 aliphatic heterocycles. The molecule has 0 heterocycles. The lowest BCUT2D eigenvalue weighted by Gasteiger charge is -2.12. The first-order valence-electron chi connectivity index (χ1n) is 10.4. The summed E-state index contributed by atoms with van der Waals surface area (Å²) in [6.45, 7) is 0. The van der Waals surface area contributed by atoms with Crippen LogP contribution in [0.5, 0.6) is 11.5 Å². The number of anilines is 5. The van der Waals surface area contributed by atoms with Gasteiger partial charge in [0.15, 0.2) is 0 Å². The fraction of sp³-hybridized carbons (Fsp3) is 0.111. The van der Waals surface area contributed by atoms with Crippen molar-refractivity contribution >= 4 is 34.1 Å². The summed E-state index contributed by atoms with van der Waals surface area (Å²) in [7, 11) is 3.20. The summed E-state index contributed by atoms with van der Waals surface area (Å²) in [6.07, 6.45) is 0. The van der Waals surface area contributed by atoms with Gasteiger partial charge < -0.3 is 25.8 Å². The van der Waals surface area contributed by atoms with E-state index in [0.717, 1.165) is 17.1 Å². The Morgan fingerprint density at radius 1 is 0.686 bits per heavy atom. The molecule has 0 aliphatic carbocycles. The molecule has 35 heavy (non-hydrogen) atoms. The maximum absolute atomic E-state index is 10.9. The van der Waals surface area contributed by atoms with Crippen LogP contribution in [0.2, 0.25) is 0 Å². The van der Waals surface area contributed by atoms with Crippen LogP contribution in [0.15, 0.2) is 97.1 Å². The van der Waals surface area contributed by atoms with Crippen LogP contribution in [0.25, 0.3) is 0 Å². The van der Waals surface area contributed by atoms with E-state index in [1.165, 1.54) is 6.07 Å². The van der Waals surface area contributed by atoms with Crippen LogP contribution < -0.4 is 25.8 Å². The van der Waals surface area contributed by atoms with E-state index < -0.39 is 4.92 Å². The van der Waals surface area contributed by atoms with Gasteiger partial charge in [-0.05, 0) is 42.5 Å². The minimum absolute atomic E-state index is 0. The highest BCUT2D eigenvalue weighted by molar-refractivity contribution is 5.75. The molecule has 8 nitrogen and oxygen atoms in total. The Balaban J connectivity index is 0.000000343. The Morgan fingerprint density at radius 2 is 1.09 bits per heavy atom. The molecule has 0 atom stereocenters. The van der Waals surface area contributed by atoms with Gasteiger partial charge in [-0.25, -0.2) is 0 Å². The van der Waals surface area contributed by atoms with Crippen molar-refractivity contribution in [1.29, 1.82) is 0 Å². The van der Waals surface area contributed by atoms with Crippen molar-refractivity contribution in [3.05, 3.63) is 107 Å². The number of ether oxygens (including phenoxy) is 2. The molecule has 184 valence electrons. The number of nitrogens with zero attached hydrogens (tertiary/aromatic N) is 1. The average Bonchev–Trinajstić information content (AvgIpc) is 2.87. The number of methoxy groups -OCH3 is 2. The molecule has 0 bridgehead atoms. The highest BCUT2D eigenvalue weighted by Gasteiger charge is 2.13. The number of nitrogen functional groups attached to an aromatic ring is 1. The summed E-state index contributed by atoms with van der Waals surface area (Å²) in [4.78, 5) is 10.5. The van der Waals surface area contributed by atoms with Crippen LogP contribution in [0.4, 0.5) is 34.1 Å². The van der Waals surface area contributed by atoms with Crippen molar-refractivity contribution in [2.75, 3.05) is 30.6 Å². The SMILES string of the molecule is C.COc1ccccc1Nc1ccccc1N.COc1ccccc1Nc1ccccc1[N+](=O)[O-].[HH]. The van der Waals surface area contributed by atoms with Crippen molar-refractivity contribution in [3.63, 3.8) is 0 Å². The summed E-state index contributed by atoms with van der Waals surface area (Å²) in [5.41, 5.74) is 9.52. The molecule has 4 rings (SSSR count). The molecule has 0 aliphatic rings. The lowest BCUT2D eigenvalue weighted by Crippen LogP contribution is -1.98.